The Balaban J connectivity index is 1.59. The molecule has 1 amide bonds. The topological polar surface area (TPSA) is 101 Å². The van der Waals surface area contributed by atoms with Gasteiger partial charge in [0.05, 0.1) is 10.6 Å². The third-order valence-electron chi connectivity index (χ3n) is 6.14. The van der Waals surface area contributed by atoms with Crippen molar-refractivity contribution < 1.29 is 13.2 Å². The lowest BCUT2D eigenvalue weighted by molar-refractivity contribution is 0.102. The number of hydrogen-bond acceptors (Lipinski definition) is 4. The van der Waals surface area contributed by atoms with Crippen LogP contribution >= 0.6 is 0 Å². The Morgan fingerprint density at radius 2 is 1.64 bits per heavy atom. The van der Waals surface area contributed by atoms with Crippen LogP contribution in [-0.2, 0) is 16.4 Å². The van der Waals surface area contributed by atoms with E-state index < -0.39 is 10.0 Å². The fourth-order valence-corrected chi connectivity index (χ4v) is 6.17. The van der Waals surface area contributed by atoms with Crippen LogP contribution in [-0.4, -0.2) is 14.3 Å². The second kappa shape index (κ2) is 8.65. The van der Waals surface area contributed by atoms with Crippen molar-refractivity contribution in [3.05, 3.63) is 87.5 Å². The molecule has 0 radical (unpaired) electrons. The molecule has 0 bridgehead atoms. The van der Waals surface area contributed by atoms with Crippen LogP contribution in [0.3, 0.4) is 0 Å². The van der Waals surface area contributed by atoms with E-state index in [9.17, 15) is 13.2 Å². The first-order valence-electron chi connectivity index (χ1n) is 11.0. The quantitative estimate of drug-likeness (QED) is 0.500. The normalized spacial score (nSPS) is 15.2. The minimum absolute atomic E-state index is 0.0539. The molecule has 1 atom stereocenters. The standard InChI is InChI=1S/C26H29N3O3S/c1-15-11-17(3)25(18(4)12-15)33(31,32)29-24-14-20(6-5-16(24)2)26(30)28-21-8-9-22-19(13-21)7-10-23(22)27/h5-6,8-9,11-14,23,29H,7,10,27H2,1-4H3,(H,28,30)/t23-/m0/s1. The summed E-state index contributed by atoms with van der Waals surface area (Å²) in [5.41, 5.74) is 12.9. The Kier molecular flexibility index (Phi) is 6.03. The number of anilines is 2. The zero-order chi connectivity index (χ0) is 23.9. The molecule has 0 spiro atoms. The van der Waals surface area contributed by atoms with Crippen LogP contribution in [0.1, 0.15) is 56.2 Å². The summed E-state index contributed by atoms with van der Waals surface area (Å²) in [4.78, 5) is 13.2. The lowest BCUT2D eigenvalue weighted by Crippen LogP contribution is -2.18. The maximum Gasteiger partial charge on any atom is 0.262 e. The molecule has 4 N–H and O–H groups in total. The van der Waals surface area contributed by atoms with E-state index in [0.717, 1.165) is 35.1 Å². The number of amides is 1. The molecular formula is C26H29N3O3S. The lowest BCUT2D eigenvalue weighted by atomic mass is 10.1. The molecule has 0 aliphatic heterocycles. The summed E-state index contributed by atoms with van der Waals surface area (Å²) >= 11 is 0. The predicted octanol–water partition coefficient (Wildman–Crippen LogP) is 4.92. The van der Waals surface area contributed by atoms with E-state index in [0.29, 0.717) is 28.1 Å². The van der Waals surface area contributed by atoms with Crippen molar-refractivity contribution in [2.24, 2.45) is 5.73 Å². The van der Waals surface area contributed by atoms with Crippen molar-refractivity contribution in [2.75, 3.05) is 10.0 Å². The van der Waals surface area contributed by atoms with Gasteiger partial charge in [0.25, 0.3) is 15.9 Å². The van der Waals surface area contributed by atoms with Gasteiger partial charge < -0.3 is 11.1 Å². The summed E-state index contributed by atoms with van der Waals surface area (Å²) in [5, 5.41) is 2.91. The van der Waals surface area contributed by atoms with Gasteiger partial charge in [-0.05, 0) is 92.6 Å². The highest BCUT2D eigenvalue weighted by Gasteiger charge is 2.22. The molecule has 0 aromatic heterocycles. The highest BCUT2D eigenvalue weighted by Crippen LogP contribution is 2.31. The highest BCUT2D eigenvalue weighted by molar-refractivity contribution is 7.92. The number of aryl methyl sites for hydroxylation is 5. The van der Waals surface area contributed by atoms with Gasteiger partial charge in [0, 0.05) is 17.3 Å². The van der Waals surface area contributed by atoms with Crippen molar-refractivity contribution in [1.29, 1.82) is 0 Å². The second-order valence-electron chi connectivity index (χ2n) is 8.88. The zero-order valence-electron chi connectivity index (χ0n) is 19.3. The van der Waals surface area contributed by atoms with Crippen LogP contribution in [0, 0.1) is 27.7 Å². The Hall–Kier alpha value is -3.16. The highest BCUT2D eigenvalue weighted by atomic mass is 32.2. The minimum atomic E-state index is -3.82. The molecule has 0 heterocycles. The smallest absolute Gasteiger partial charge is 0.262 e. The van der Waals surface area contributed by atoms with Crippen molar-refractivity contribution in [3.8, 4) is 0 Å². The van der Waals surface area contributed by atoms with Gasteiger partial charge in [0.2, 0.25) is 0 Å². The van der Waals surface area contributed by atoms with Gasteiger partial charge in [-0.25, -0.2) is 8.42 Å². The predicted molar refractivity (Wildman–Crippen MR) is 132 cm³/mol. The number of nitrogens with two attached hydrogens (primary N) is 1. The van der Waals surface area contributed by atoms with Gasteiger partial charge in [-0.2, -0.15) is 0 Å². The van der Waals surface area contributed by atoms with Gasteiger partial charge in [-0.1, -0.05) is 29.8 Å². The number of sulfonamides is 1. The van der Waals surface area contributed by atoms with E-state index in [2.05, 4.69) is 10.0 Å². The van der Waals surface area contributed by atoms with E-state index in [1.807, 2.05) is 37.3 Å². The van der Waals surface area contributed by atoms with Crippen LogP contribution < -0.4 is 15.8 Å². The number of carbonyl (C=O) groups excluding carboxylic acids is 1. The summed E-state index contributed by atoms with van der Waals surface area (Å²) in [6, 6.07) is 14.5. The molecule has 4 rings (SSSR count). The van der Waals surface area contributed by atoms with Crippen LogP contribution in [0.15, 0.2) is 53.4 Å². The summed E-state index contributed by atoms with van der Waals surface area (Å²) in [6.07, 6.45) is 1.81. The van der Waals surface area contributed by atoms with E-state index in [1.165, 1.54) is 0 Å². The fraction of sp³-hybridized carbons (Fsp3) is 0.269. The van der Waals surface area contributed by atoms with Crippen LogP contribution in [0.2, 0.25) is 0 Å². The van der Waals surface area contributed by atoms with Crippen molar-refractivity contribution in [2.45, 2.75) is 51.5 Å². The second-order valence-corrected chi connectivity index (χ2v) is 10.5. The van der Waals surface area contributed by atoms with Crippen molar-refractivity contribution in [1.82, 2.24) is 0 Å². The van der Waals surface area contributed by atoms with E-state index in [1.54, 1.807) is 39.0 Å². The number of benzene rings is 3. The van der Waals surface area contributed by atoms with Gasteiger partial charge in [0.1, 0.15) is 0 Å². The SMILES string of the molecule is Cc1cc(C)c(S(=O)(=O)Nc2cc(C(=O)Nc3ccc4c(c3)CC[C@@H]4N)ccc2C)c(C)c1. The number of rotatable bonds is 5. The molecule has 0 saturated carbocycles. The molecule has 33 heavy (non-hydrogen) atoms. The Morgan fingerprint density at radius 3 is 2.33 bits per heavy atom. The summed E-state index contributed by atoms with van der Waals surface area (Å²) < 4.78 is 29.1. The first kappa shape index (κ1) is 23.0. The van der Waals surface area contributed by atoms with E-state index in [-0.39, 0.29) is 16.8 Å². The molecule has 3 aromatic carbocycles. The molecule has 0 unspecified atom stereocenters. The van der Waals surface area contributed by atoms with Gasteiger partial charge >= 0.3 is 0 Å². The molecule has 6 nitrogen and oxygen atoms in total. The van der Waals surface area contributed by atoms with Gasteiger partial charge in [0.15, 0.2) is 0 Å². The van der Waals surface area contributed by atoms with Crippen LogP contribution in [0.4, 0.5) is 11.4 Å². The lowest BCUT2D eigenvalue weighted by Gasteiger charge is -2.16. The van der Waals surface area contributed by atoms with Crippen LogP contribution in [0.25, 0.3) is 0 Å². The third-order valence-corrected chi connectivity index (χ3v) is 7.81. The minimum Gasteiger partial charge on any atom is -0.324 e. The van der Waals surface area contributed by atoms with Crippen molar-refractivity contribution >= 4 is 27.3 Å². The van der Waals surface area contributed by atoms with E-state index in [4.69, 9.17) is 5.73 Å². The van der Waals surface area contributed by atoms with Crippen LogP contribution in [0.5, 0.6) is 0 Å². The molecule has 1 aliphatic carbocycles. The largest absolute Gasteiger partial charge is 0.324 e. The number of nitrogens with one attached hydrogen (secondary N) is 2. The molecule has 0 fully saturated rings. The third kappa shape index (κ3) is 4.65. The molecule has 7 heteroatoms. The Bertz CT molecular complexity index is 1340. The maximum absolute atomic E-state index is 13.2. The maximum atomic E-state index is 13.2. The zero-order valence-corrected chi connectivity index (χ0v) is 20.1. The summed E-state index contributed by atoms with van der Waals surface area (Å²) in [5.74, 6) is -0.305. The first-order chi connectivity index (χ1) is 15.5. The molecule has 3 aromatic rings. The van der Waals surface area contributed by atoms with E-state index >= 15 is 0 Å². The first-order valence-corrected chi connectivity index (χ1v) is 12.4. The molecule has 1 aliphatic rings. The average molecular weight is 464 g/mol. The number of carbonyl (C=O) groups is 1. The summed E-state index contributed by atoms with van der Waals surface area (Å²) in [7, 11) is -3.82. The fourth-order valence-electron chi connectivity index (χ4n) is 4.59. The molecule has 0 saturated heterocycles. The van der Waals surface area contributed by atoms with Crippen molar-refractivity contribution in [3.63, 3.8) is 0 Å². The van der Waals surface area contributed by atoms with Gasteiger partial charge in [-0.15, -0.1) is 0 Å². The average Bonchev–Trinajstić information content (AvgIpc) is 3.08. The number of hydrogen-bond donors (Lipinski definition) is 3. The number of fused-ring (bicyclic) bond motifs is 1. The molecular weight excluding hydrogens is 434 g/mol. The monoisotopic (exact) mass is 463 g/mol. The summed E-state index contributed by atoms with van der Waals surface area (Å²) in [6.45, 7) is 7.31. The Labute approximate surface area is 195 Å². The Morgan fingerprint density at radius 1 is 0.939 bits per heavy atom. The molecule has 172 valence electrons. The van der Waals surface area contributed by atoms with Gasteiger partial charge in [-0.3, -0.25) is 9.52 Å².